The summed E-state index contributed by atoms with van der Waals surface area (Å²) in [6.45, 7) is 0. The molecule has 0 aromatic heterocycles. The van der Waals surface area contributed by atoms with E-state index in [9.17, 15) is 9.59 Å². The molecule has 0 spiro atoms. The molecule has 0 aromatic rings. The molecule has 0 aromatic carbocycles. The topological polar surface area (TPSA) is 52.6 Å². The summed E-state index contributed by atoms with van der Waals surface area (Å²) in [4.78, 5) is 27.9. The monoisotopic (exact) mass is 596 g/mol. The Morgan fingerprint density at radius 1 is 0.875 bits per heavy atom. The van der Waals surface area contributed by atoms with E-state index in [2.05, 4.69) is 63.7 Å². The average molecular weight is 601 g/mol. The SMILES string of the molecule is [CH3][Sb]([CH3])([CH3])([O]C(=O)C(Br)Br)[O]C(=O)C(Br)Br. The van der Waals surface area contributed by atoms with Crippen molar-refractivity contribution in [3.63, 3.8) is 0 Å². The Labute approximate surface area is 130 Å². The van der Waals surface area contributed by atoms with Crippen molar-refractivity contribution in [1.29, 1.82) is 0 Å². The molecule has 0 amide bonds. The molecular weight excluding hydrogens is 589 g/mol. The maximum atomic E-state index is 11.4. The second-order valence-corrected chi connectivity index (χ2v) is 25.4. The molecular formula is C7H11Br4O4Sb. The number of hydrogen-bond acceptors (Lipinski definition) is 4. The predicted octanol–water partition coefficient (Wildman–Crippen LogP) is 3.59. The minimum atomic E-state index is -4.06. The van der Waals surface area contributed by atoms with E-state index in [1.54, 1.807) is 14.6 Å². The molecule has 9 heteroatoms. The van der Waals surface area contributed by atoms with Crippen molar-refractivity contribution in [2.75, 3.05) is 0 Å². The van der Waals surface area contributed by atoms with Crippen LogP contribution in [0.2, 0.25) is 14.6 Å². The van der Waals surface area contributed by atoms with Crippen LogP contribution in [0, 0.1) is 0 Å². The summed E-state index contributed by atoms with van der Waals surface area (Å²) in [7, 11) is 0. The van der Waals surface area contributed by atoms with Crippen LogP contribution in [0.25, 0.3) is 0 Å². The zero-order valence-electron chi connectivity index (χ0n) is 8.75. The molecule has 0 N–H and O–H groups in total. The van der Waals surface area contributed by atoms with E-state index in [-0.39, 0.29) is 0 Å². The number of rotatable bonds is 4. The van der Waals surface area contributed by atoms with E-state index in [1.807, 2.05) is 0 Å². The van der Waals surface area contributed by atoms with E-state index in [4.69, 9.17) is 6.03 Å². The zero-order valence-corrected chi connectivity index (χ0v) is 17.6. The van der Waals surface area contributed by atoms with Crippen molar-refractivity contribution in [2.45, 2.75) is 22.1 Å². The molecule has 0 radical (unpaired) electrons. The summed E-state index contributed by atoms with van der Waals surface area (Å²) >= 11 is 8.04. The molecule has 16 heavy (non-hydrogen) atoms. The normalized spacial score (nSPS) is 14.4. The first-order valence-electron chi connectivity index (χ1n) is 3.97. The van der Waals surface area contributed by atoms with Gasteiger partial charge in [0.2, 0.25) is 0 Å². The minimum absolute atomic E-state index is 0.497. The zero-order chi connectivity index (χ0) is 13.2. The van der Waals surface area contributed by atoms with Crippen molar-refractivity contribution >= 4 is 93.9 Å². The van der Waals surface area contributed by atoms with Crippen LogP contribution in [-0.2, 0) is 15.6 Å². The van der Waals surface area contributed by atoms with Gasteiger partial charge >= 0.3 is 132 Å². The van der Waals surface area contributed by atoms with Gasteiger partial charge in [-0.05, 0) is 0 Å². The molecule has 0 aliphatic carbocycles. The Kier molecular flexibility index (Phi) is 6.87. The molecule has 0 rings (SSSR count). The molecule has 0 atom stereocenters. The fraction of sp³-hybridized carbons (Fsp3) is 0.714. The summed E-state index contributed by atoms with van der Waals surface area (Å²) in [6.07, 6.45) is 0. The Morgan fingerprint density at radius 2 is 1.12 bits per heavy atom. The molecule has 0 saturated carbocycles. The number of hydrogen-bond donors (Lipinski definition) is 0. The van der Waals surface area contributed by atoms with Crippen LogP contribution in [0.3, 0.4) is 0 Å². The van der Waals surface area contributed by atoms with E-state index in [1.165, 1.54) is 0 Å². The van der Waals surface area contributed by atoms with Gasteiger partial charge in [0.25, 0.3) is 0 Å². The van der Waals surface area contributed by atoms with E-state index in [0.29, 0.717) is 0 Å². The summed E-state index contributed by atoms with van der Waals surface area (Å²) in [5.74, 6) is -0.995. The Morgan fingerprint density at radius 3 is 1.31 bits per heavy atom. The molecule has 0 saturated heterocycles. The van der Waals surface area contributed by atoms with Gasteiger partial charge in [-0.25, -0.2) is 0 Å². The molecule has 0 heterocycles. The molecule has 0 fully saturated rings. The Bertz CT molecular complexity index is 270. The number of halogens is 4. The van der Waals surface area contributed by atoms with Gasteiger partial charge in [-0.15, -0.1) is 0 Å². The van der Waals surface area contributed by atoms with Crippen LogP contribution < -0.4 is 0 Å². The van der Waals surface area contributed by atoms with Crippen molar-refractivity contribution in [3.05, 3.63) is 0 Å². The van der Waals surface area contributed by atoms with Crippen LogP contribution >= 0.6 is 63.7 Å². The fourth-order valence-electron chi connectivity index (χ4n) is 0.712. The van der Waals surface area contributed by atoms with Crippen LogP contribution in [-0.4, -0.2) is 37.6 Å². The molecule has 0 unspecified atom stereocenters. The number of carbonyl (C=O) groups is 2. The van der Waals surface area contributed by atoms with Gasteiger partial charge in [0.05, 0.1) is 0 Å². The first-order valence-corrected chi connectivity index (χ1v) is 17.4. The standard InChI is InChI=1S/2C2H2Br2O2.3CH3.Sb/c2*3-1(4)2(5)6;;;;/h2*1H,(H,5,6);3*1H3;/q;;;;;+2/p-2. The van der Waals surface area contributed by atoms with Gasteiger partial charge in [-0.3, -0.25) is 0 Å². The van der Waals surface area contributed by atoms with E-state index >= 15 is 0 Å². The predicted molar refractivity (Wildman–Crippen MR) is 78.8 cm³/mol. The van der Waals surface area contributed by atoms with Gasteiger partial charge in [-0.1, -0.05) is 0 Å². The first-order chi connectivity index (χ1) is 6.92. The second kappa shape index (κ2) is 6.22. The van der Waals surface area contributed by atoms with Crippen molar-refractivity contribution < 1.29 is 15.6 Å². The first kappa shape index (κ1) is 17.7. The van der Waals surface area contributed by atoms with Gasteiger partial charge in [-0.2, -0.15) is 0 Å². The Hall–Kier alpha value is 1.68. The number of carbonyl (C=O) groups excluding carboxylic acids is 2. The quantitative estimate of drug-likeness (QED) is 0.366. The van der Waals surface area contributed by atoms with Gasteiger partial charge in [0.1, 0.15) is 0 Å². The van der Waals surface area contributed by atoms with Gasteiger partial charge in [0, 0.05) is 0 Å². The van der Waals surface area contributed by atoms with Crippen LogP contribution in [0.5, 0.6) is 0 Å². The Balaban J connectivity index is 4.71. The third kappa shape index (κ3) is 7.19. The van der Waals surface area contributed by atoms with Crippen molar-refractivity contribution in [1.82, 2.24) is 0 Å². The summed E-state index contributed by atoms with van der Waals surface area (Å²) in [5, 5.41) is 0. The maximum absolute atomic E-state index is 11.4. The molecule has 0 aliphatic heterocycles. The van der Waals surface area contributed by atoms with Crippen LogP contribution in [0.4, 0.5) is 0 Å². The third-order valence-electron chi connectivity index (χ3n) is 1.16. The van der Waals surface area contributed by atoms with Crippen LogP contribution in [0.15, 0.2) is 0 Å². The summed E-state index contributed by atoms with van der Waals surface area (Å²) in [5.41, 5.74) is 0. The molecule has 0 bridgehead atoms. The van der Waals surface area contributed by atoms with E-state index < -0.39 is 37.6 Å². The molecule has 96 valence electrons. The fourth-order valence-corrected chi connectivity index (χ4v) is 7.02. The van der Waals surface area contributed by atoms with Gasteiger partial charge < -0.3 is 0 Å². The third-order valence-corrected chi connectivity index (χ3v) is 7.23. The van der Waals surface area contributed by atoms with E-state index in [0.717, 1.165) is 0 Å². The van der Waals surface area contributed by atoms with Crippen LogP contribution in [0.1, 0.15) is 0 Å². The van der Waals surface area contributed by atoms with Crippen molar-refractivity contribution in [3.8, 4) is 0 Å². The molecule has 0 aliphatic rings. The summed E-state index contributed by atoms with van der Waals surface area (Å²) < 4.78 is 9.38. The number of alkyl halides is 4. The molecule has 4 nitrogen and oxygen atoms in total. The van der Waals surface area contributed by atoms with Gasteiger partial charge in [0.15, 0.2) is 0 Å². The second-order valence-electron chi connectivity index (χ2n) is 3.93. The average Bonchev–Trinajstić information content (AvgIpc) is 2.00. The van der Waals surface area contributed by atoms with Crippen molar-refractivity contribution in [2.24, 2.45) is 0 Å². The summed E-state index contributed by atoms with van der Waals surface area (Å²) in [6, 6.07) is 0.